The van der Waals surface area contributed by atoms with Gasteiger partial charge in [0.25, 0.3) is 5.91 Å². The number of aryl methyl sites for hydroxylation is 1. The van der Waals surface area contributed by atoms with Crippen molar-refractivity contribution in [3.8, 4) is 0 Å². The van der Waals surface area contributed by atoms with Crippen LogP contribution in [0, 0.1) is 0 Å². The van der Waals surface area contributed by atoms with Crippen molar-refractivity contribution in [2.75, 3.05) is 26.2 Å². The molecular formula is C26H29ClN2O3. The Kier molecular flexibility index (Phi) is 6.68. The van der Waals surface area contributed by atoms with Gasteiger partial charge in [-0.05, 0) is 61.8 Å². The molecule has 32 heavy (non-hydrogen) atoms. The highest BCUT2D eigenvalue weighted by Gasteiger charge is 2.42. The molecule has 2 aromatic carbocycles. The molecule has 1 atom stereocenters. The lowest BCUT2D eigenvalue weighted by Gasteiger charge is -2.26. The summed E-state index contributed by atoms with van der Waals surface area (Å²) in [6.45, 7) is 9.77. The van der Waals surface area contributed by atoms with Crippen LogP contribution in [0.25, 0.3) is 11.0 Å². The average molecular weight is 453 g/mol. The molecule has 1 amide bonds. The van der Waals surface area contributed by atoms with E-state index in [0.29, 0.717) is 28.1 Å². The molecule has 168 valence electrons. The lowest BCUT2D eigenvalue weighted by atomic mass is 9.97. The maximum Gasteiger partial charge on any atom is 0.290 e. The fourth-order valence-electron chi connectivity index (χ4n) is 4.51. The van der Waals surface area contributed by atoms with Crippen LogP contribution in [-0.2, 0) is 6.42 Å². The highest BCUT2D eigenvalue weighted by Crippen LogP contribution is 2.38. The highest BCUT2D eigenvalue weighted by molar-refractivity contribution is 6.31. The lowest BCUT2D eigenvalue weighted by molar-refractivity contribution is 0.0720. The first kappa shape index (κ1) is 22.6. The minimum absolute atomic E-state index is 0.150. The van der Waals surface area contributed by atoms with E-state index in [0.717, 1.165) is 38.0 Å². The van der Waals surface area contributed by atoms with Crippen LogP contribution < -0.4 is 5.43 Å². The molecule has 4 rings (SSSR count). The van der Waals surface area contributed by atoms with Gasteiger partial charge in [-0.2, -0.15) is 0 Å². The number of hydrogen-bond acceptors (Lipinski definition) is 4. The number of rotatable bonds is 8. The first-order valence-corrected chi connectivity index (χ1v) is 11.7. The molecule has 0 radical (unpaired) electrons. The molecule has 2 heterocycles. The Labute approximate surface area is 193 Å². The van der Waals surface area contributed by atoms with Gasteiger partial charge in [0, 0.05) is 11.6 Å². The van der Waals surface area contributed by atoms with E-state index < -0.39 is 6.04 Å². The normalized spacial score (nSPS) is 15.7. The first-order chi connectivity index (χ1) is 15.5. The number of carbonyl (C=O) groups is 1. The quantitative estimate of drug-likeness (QED) is 0.466. The number of nitrogens with zero attached hydrogens (tertiary/aromatic N) is 2. The molecule has 0 saturated carbocycles. The van der Waals surface area contributed by atoms with Crippen LogP contribution in [0.4, 0.5) is 0 Å². The third kappa shape index (κ3) is 4.07. The van der Waals surface area contributed by atoms with Gasteiger partial charge in [-0.3, -0.25) is 9.59 Å². The summed E-state index contributed by atoms with van der Waals surface area (Å²) in [4.78, 5) is 31.1. The summed E-state index contributed by atoms with van der Waals surface area (Å²) in [6, 6.07) is 12.6. The zero-order valence-corrected chi connectivity index (χ0v) is 19.6. The van der Waals surface area contributed by atoms with Crippen LogP contribution in [0.3, 0.4) is 0 Å². The van der Waals surface area contributed by atoms with Crippen molar-refractivity contribution in [2.24, 2.45) is 0 Å². The van der Waals surface area contributed by atoms with Crippen molar-refractivity contribution < 1.29 is 9.21 Å². The Morgan fingerprint density at radius 3 is 2.41 bits per heavy atom. The summed E-state index contributed by atoms with van der Waals surface area (Å²) in [5, 5.41) is 0.873. The molecule has 0 saturated heterocycles. The summed E-state index contributed by atoms with van der Waals surface area (Å²) in [5.41, 5.74) is 2.75. The number of amides is 1. The molecule has 0 fully saturated rings. The number of hydrogen-bond donors (Lipinski definition) is 0. The maximum atomic E-state index is 13.5. The van der Waals surface area contributed by atoms with Crippen molar-refractivity contribution in [3.63, 3.8) is 0 Å². The first-order valence-electron chi connectivity index (χ1n) is 11.4. The number of halogens is 1. The summed E-state index contributed by atoms with van der Waals surface area (Å²) < 4.78 is 5.99. The van der Waals surface area contributed by atoms with Gasteiger partial charge in [0.2, 0.25) is 5.76 Å². The molecule has 0 N–H and O–H groups in total. The molecule has 6 heteroatoms. The van der Waals surface area contributed by atoms with E-state index in [1.54, 1.807) is 23.1 Å². The molecule has 0 bridgehead atoms. The predicted octanol–water partition coefficient (Wildman–Crippen LogP) is 5.29. The second kappa shape index (κ2) is 9.47. The smallest absolute Gasteiger partial charge is 0.290 e. The van der Waals surface area contributed by atoms with E-state index in [2.05, 4.69) is 37.8 Å². The summed E-state index contributed by atoms with van der Waals surface area (Å²) >= 11 is 6.15. The SMILES string of the molecule is CCc1ccc([C@H]2c3c(oc4ccc(Cl)cc4c3=O)C(=O)N2CCCN(CC)CC)cc1. The molecule has 1 aliphatic rings. The van der Waals surface area contributed by atoms with Gasteiger partial charge in [-0.15, -0.1) is 0 Å². The standard InChI is InChI=1S/C26H29ClN2O3/c1-4-17-8-10-18(11-9-17)23-22-24(30)20-16-19(27)12-13-21(20)32-25(22)26(31)29(23)15-7-14-28(5-2)6-3/h8-13,16,23H,4-7,14-15H2,1-3H3/t23-/m0/s1. The van der Waals surface area contributed by atoms with E-state index >= 15 is 0 Å². The van der Waals surface area contributed by atoms with E-state index in [4.69, 9.17) is 16.0 Å². The van der Waals surface area contributed by atoms with Gasteiger partial charge in [-0.1, -0.05) is 56.6 Å². The topological polar surface area (TPSA) is 53.8 Å². The van der Waals surface area contributed by atoms with Crippen LogP contribution in [0.15, 0.2) is 51.7 Å². The predicted molar refractivity (Wildman–Crippen MR) is 129 cm³/mol. The molecule has 0 aliphatic carbocycles. The average Bonchev–Trinajstić information content (AvgIpc) is 3.09. The lowest BCUT2D eigenvalue weighted by Crippen LogP contribution is -2.33. The molecule has 1 aliphatic heterocycles. The summed E-state index contributed by atoms with van der Waals surface area (Å²) in [5.74, 6) is -0.0738. The fourth-order valence-corrected chi connectivity index (χ4v) is 4.68. The maximum absolute atomic E-state index is 13.5. The summed E-state index contributed by atoms with van der Waals surface area (Å²) in [7, 11) is 0. The van der Waals surface area contributed by atoms with E-state index in [1.165, 1.54) is 5.56 Å². The van der Waals surface area contributed by atoms with Crippen molar-refractivity contribution in [3.05, 3.63) is 80.2 Å². The molecule has 3 aromatic rings. The van der Waals surface area contributed by atoms with Crippen molar-refractivity contribution in [2.45, 2.75) is 39.7 Å². The Balaban J connectivity index is 1.79. The summed E-state index contributed by atoms with van der Waals surface area (Å²) in [6.07, 6.45) is 1.75. The minimum atomic E-state index is -0.459. The van der Waals surface area contributed by atoms with Gasteiger partial charge in [0.05, 0.1) is 17.0 Å². The van der Waals surface area contributed by atoms with Crippen molar-refractivity contribution >= 4 is 28.5 Å². The largest absolute Gasteiger partial charge is 0.450 e. The van der Waals surface area contributed by atoms with Gasteiger partial charge in [-0.25, -0.2) is 0 Å². The fraction of sp³-hybridized carbons (Fsp3) is 0.385. The van der Waals surface area contributed by atoms with Crippen LogP contribution in [0.5, 0.6) is 0 Å². The van der Waals surface area contributed by atoms with Gasteiger partial charge in [0.15, 0.2) is 5.43 Å². The zero-order chi connectivity index (χ0) is 22.8. The second-order valence-corrected chi connectivity index (χ2v) is 8.63. The van der Waals surface area contributed by atoms with Gasteiger partial charge < -0.3 is 14.2 Å². The van der Waals surface area contributed by atoms with Crippen LogP contribution >= 0.6 is 11.6 Å². The molecule has 0 spiro atoms. The van der Waals surface area contributed by atoms with E-state index in [9.17, 15) is 9.59 Å². The Morgan fingerprint density at radius 1 is 1.03 bits per heavy atom. The van der Waals surface area contributed by atoms with Gasteiger partial charge in [0.1, 0.15) is 5.58 Å². The van der Waals surface area contributed by atoms with E-state index in [1.807, 2.05) is 12.1 Å². The molecular weight excluding hydrogens is 424 g/mol. The number of benzene rings is 2. The van der Waals surface area contributed by atoms with Crippen LogP contribution in [-0.4, -0.2) is 41.9 Å². The monoisotopic (exact) mass is 452 g/mol. The Hall–Kier alpha value is -2.63. The van der Waals surface area contributed by atoms with Crippen LogP contribution in [0.1, 0.15) is 60.5 Å². The highest BCUT2D eigenvalue weighted by atomic mass is 35.5. The van der Waals surface area contributed by atoms with Crippen molar-refractivity contribution in [1.82, 2.24) is 9.80 Å². The minimum Gasteiger partial charge on any atom is -0.450 e. The zero-order valence-electron chi connectivity index (χ0n) is 18.9. The third-order valence-electron chi connectivity index (χ3n) is 6.40. The Bertz CT molecular complexity index is 1180. The van der Waals surface area contributed by atoms with Crippen LogP contribution in [0.2, 0.25) is 5.02 Å². The van der Waals surface area contributed by atoms with Crippen molar-refractivity contribution in [1.29, 1.82) is 0 Å². The second-order valence-electron chi connectivity index (χ2n) is 8.19. The molecule has 1 aromatic heterocycles. The molecule has 0 unspecified atom stereocenters. The van der Waals surface area contributed by atoms with Gasteiger partial charge >= 0.3 is 0 Å². The van der Waals surface area contributed by atoms with E-state index in [-0.39, 0.29) is 17.1 Å². The third-order valence-corrected chi connectivity index (χ3v) is 6.63. The number of carbonyl (C=O) groups excluding carboxylic acids is 1. The molecule has 5 nitrogen and oxygen atoms in total. The Morgan fingerprint density at radius 2 is 1.75 bits per heavy atom. The number of fused-ring (bicyclic) bond motifs is 2.